The summed E-state index contributed by atoms with van der Waals surface area (Å²) in [6.07, 6.45) is 0.113. The lowest BCUT2D eigenvalue weighted by atomic mass is 10.1. The molecule has 0 fully saturated rings. The van der Waals surface area contributed by atoms with Crippen LogP contribution in [0.3, 0.4) is 0 Å². The van der Waals surface area contributed by atoms with Crippen molar-refractivity contribution in [2.24, 2.45) is 0 Å². The molecule has 0 unspecified atom stereocenters. The summed E-state index contributed by atoms with van der Waals surface area (Å²) < 4.78 is 11.3. The van der Waals surface area contributed by atoms with E-state index in [4.69, 9.17) is 9.15 Å². The molecule has 0 aliphatic carbocycles. The first kappa shape index (κ1) is 15.5. The molecule has 0 saturated carbocycles. The van der Waals surface area contributed by atoms with E-state index in [9.17, 15) is 9.59 Å². The van der Waals surface area contributed by atoms with E-state index in [-0.39, 0.29) is 12.2 Å². The molecule has 5 heteroatoms. The van der Waals surface area contributed by atoms with Crippen molar-refractivity contribution in [3.8, 4) is 0 Å². The van der Waals surface area contributed by atoms with E-state index in [0.29, 0.717) is 29.3 Å². The first-order valence-corrected chi connectivity index (χ1v) is 7.35. The monoisotopic (exact) mass is 350 g/mol. The molecule has 110 valence electrons. The Kier molecular flexibility index (Phi) is 4.96. The third kappa shape index (κ3) is 3.82. The molecule has 2 aromatic rings. The van der Waals surface area contributed by atoms with Gasteiger partial charge in [0.15, 0.2) is 5.78 Å². The van der Waals surface area contributed by atoms with Gasteiger partial charge in [0.05, 0.1) is 13.0 Å². The van der Waals surface area contributed by atoms with Gasteiger partial charge in [-0.15, -0.1) is 0 Å². The predicted molar refractivity (Wildman–Crippen MR) is 81.6 cm³/mol. The number of hydrogen-bond donors (Lipinski definition) is 0. The van der Waals surface area contributed by atoms with Crippen molar-refractivity contribution in [1.29, 1.82) is 0 Å². The topological polar surface area (TPSA) is 56.5 Å². The molecule has 0 aliphatic rings. The fraction of sp³-hybridized carbons (Fsp3) is 0.250. The number of carbonyl (C=O) groups excluding carboxylic acids is 2. The quantitative estimate of drug-likeness (QED) is 0.605. The molecule has 1 heterocycles. The molecule has 0 N–H and O–H groups in total. The maximum Gasteiger partial charge on any atom is 0.341 e. The molecular weight excluding hydrogens is 336 g/mol. The molecule has 0 aliphatic heterocycles. The Hall–Kier alpha value is -1.88. The molecule has 0 spiro atoms. The van der Waals surface area contributed by atoms with Crippen molar-refractivity contribution in [3.63, 3.8) is 0 Å². The Balaban J connectivity index is 2.13. The SMILES string of the molecule is CCOC(=O)c1cc(CC(=O)c2ccc(Br)cc2)oc1C. The summed E-state index contributed by atoms with van der Waals surface area (Å²) in [7, 11) is 0. The standard InChI is InChI=1S/C16H15BrO4/c1-3-20-16(19)14-8-13(21-10(14)2)9-15(18)11-4-6-12(17)7-5-11/h4-8H,3,9H2,1-2H3. The highest BCUT2D eigenvalue weighted by Crippen LogP contribution is 2.18. The normalized spacial score (nSPS) is 10.4. The fourth-order valence-corrected chi connectivity index (χ4v) is 2.20. The van der Waals surface area contributed by atoms with Crippen molar-refractivity contribution in [2.45, 2.75) is 20.3 Å². The fourth-order valence-electron chi connectivity index (χ4n) is 1.94. The van der Waals surface area contributed by atoms with Gasteiger partial charge in [-0.05, 0) is 32.0 Å². The molecule has 2 rings (SSSR count). The van der Waals surface area contributed by atoms with Gasteiger partial charge in [0.25, 0.3) is 0 Å². The van der Waals surface area contributed by atoms with Crippen LogP contribution >= 0.6 is 15.9 Å². The van der Waals surface area contributed by atoms with Gasteiger partial charge >= 0.3 is 5.97 Å². The Bertz CT molecular complexity index is 655. The molecular formula is C16H15BrO4. The molecule has 4 nitrogen and oxygen atoms in total. The summed E-state index contributed by atoms with van der Waals surface area (Å²) in [4.78, 5) is 23.8. The van der Waals surface area contributed by atoms with Gasteiger partial charge in [-0.3, -0.25) is 4.79 Å². The number of ketones is 1. The second kappa shape index (κ2) is 6.72. The van der Waals surface area contributed by atoms with Gasteiger partial charge in [-0.25, -0.2) is 4.79 Å². The first-order chi connectivity index (χ1) is 10.0. The zero-order valence-corrected chi connectivity index (χ0v) is 13.4. The van der Waals surface area contributed by atoms with Crippen LogP contribution in [0.15, 0.2) is 39.2 Å². The number of aryl methyl sites for hydroxylation is 1. The predicted octanol–water partition coefficient (Wildman–Crippen LogP) is 3.95. The van der Waals surface area contributed by atoms with Crippen molar-refractivity contribution in [1.82, 2.24) is 0 Å². The number of carbonyl (C=O) groups is 2. The smallest absolute Gasteiger partial charge is 0.341 e. The maximum absolute atomic E-state index is 12.2. The average Bonchev–Trinajstić information content (AvgIpc) is 2.80. The summed E-state index contributed by atoms with van der Waals surface area (Å²) in [5.74, 6) is 0.434. The van der Waals surface area contributed by atoms with E-state index in [1.807, 2.05) is 12.1 Å². The minimum absolute atomic E-state index is 0.0633. The van der Waals surface area contributed by atoms with Crippen molar-refractivity contribution in [3.05, 3.63) is 57.5 Å². The molecule has 0 radical (unpaired) electrons. The summed E-state index contributed by atoms with van der Waals surface area (Å²) in [5.41, 5.74) is 0.973. The highest BCUT2D eigenvalue weighted by molar-refractivity contribution is 9.10. The molecule has 21 heavy (non-hydrogen) atoms. The van der Waals surface area contributed by atoms with Gasteiger partial charge in [-0.1, -0.05) is 28.1 Å². The van der Waals surface area contributed by atoms with Crippen LogP contribution in [0.4, 0.5) is 0 Å². The third-order valence-corrected chi connectivity index (χ3v) is 3.49. The number of Topliss-reactive ketones (excluding diaryl/α,β-unsaturated/α-hetero) is 1. The van der Waals surface area contributed by atoms with Gasteiger partial charge in [0.2, 0.25) is 0 Å². The second-order valence-electron chi connectivity index (χ2n) is 4.51. The van der Waals surface area contributed by atoms with Gasteiger partial charge in [0, 0.05) is 10.0 Å². The number of rotatable bonds is 5. The van der Waals surface area contributed by atoms with Crippen LogP contribution in [0, 0.1) is 6.92 Å². The molecule has 1 aromatic heterocycles. The van der Waals surface area contributed by atoms with Crippen molar-refractivity contribution in [2.75, 3.05) is 6.61 Å². The minimum atomic E-state index is -0.430. The summed E-state index contributed by atoms with van der Waals surface area (Å²) in [6.45, 7) is 3.72. The van der Waals surface area contributed by atoms with Crippen LogP contribution in [0.5, 0.6) is 0 Å². The highest BCUT2D eigenvalue weighted by atomic mass is 79.9. The van der Waals surface area contributed by atoms with Crippen LogP contribution in [-0.4, -0.2) is 18.4 Å². The number of ether oxygens (including phenoxy) is 1. The van der Waals surface area contributed by atoms with Crippen molar-refractivity contribution < 1.29 is 18.7 Å². The minimum Gasteiger partial charge on any atom is -0.465 e. The highest BCUT2D eigenvalue weighted by Gasteiger charge is 2.18. The Morgan fingerprint density at radius 1 is 1.24 bits per heavy atom. The number of esters is 1. The second-order valence-corrected chi connectivity index (χ2v) is 5.43. The van der Waals surface area contributed by atoms with E-state index in [2.05, 4.69) is 15.9 Å². The zero-order chi connectivity index (χ0) is 15.4. The van der Waals surface area contributed by atoms with Crippen LogP contribution < -0.4 is 0 Å². The molecule has 0 bridgehead atoms. The maximum atomic E-state index is 12.2. The Morgan fingerprint density at radius 3 is 2.52 bits per heavy atom. The Labute approximate surface area is 131 Å². The van der Waals surface area contributed by atoms with E-state index < -0.39 is 5.97 Å². The summed E-state index contributed by atoms with van der Waals surface area (Å²) in [5, 5.41) is 0. The summed E-state index contributed by atoms with van der Waals surface area (Å²) in [6, 6.07) is 8.68. The molecule has 0 amide bonds. The number of furan rings is 1. The average molecular weight is 351 g/mol. The lowest BCUT2D eigenvalue weighted by Gasteiger charge is -1.99. The lowest BCUT2D eigenvalue weighted by molar-refractivity contribution is 0.0524. The summed E-state index contributed by atoms with van der Waals surface area (Å²) >= 11 is 3.32. The van der Waals surface area contributed by atoms with Crippen molar-refractivity contribution >= 4 is 27.7 Å². The van der Waals surface area contributed by atoms with Crippen LogP contribution in [-0.2, 0) is 11.2 Å². The van der Waals surface area contributed by atoms with Gasteiger partial charge < -0.3 is 9.15 Å². The van der Waals surface area contributed by atoms with Gasteiger partial charge in [-0.2, -0.15) is 0 Å². The molecule has 1 aromatic carbocycles. The van der Waals surface area contributed by atoms with Crippen LogP contribution in [0.25, 0.3) is 0 Å². The lowest BCUT2D eigenvalue weighted by Crippen LogP contribution is -2.05. The van der Waals surface area contributed by atoms with E-state index in [1.165, 1.54) is 0 Å². The van der Waals surface area contributed by atoms with E-state index in [0.717, 1.165) is 4.47 Å². The van der Waals surface area contributed by atoms with Crippen LogP contribution in [0.2, 0.25) is 0 Å². The largest absolute Gasteiger partial charge is 0.465 e. The van der Waals surface area contributed by atoms with E-state index in [1.54, 1.807) is 32.0 Å². The molecule has 0 saturated heterocycles. The Morgan fingerprint density at radius 2 is 1.90 bits per heavy atom. The third-order valence-electron chi connectivity index (χ3n) is 2.97. The first-order valence-electron chi connectivity index (χ1n) is 6.56. The van der Waals surface area contributed by atoms with Gasteiger partial charge in [0.1, 0.15) is 17.1 Å². The zero-order valence-electron chi connectivity index (χ0n) is 11.8. The number of benzene rings is 1. The number of hydrogen-bond acceptors (Lipinski definition) is 4. The van der Waals surface area contributed by atoms with E-state index >= 15 is 0 Å². The molecule has 0 atom stereocenters. The number of halogens is 1. The van der Waals surface area contributed by atoms with Crippen LogP contribution in [0.1, 0.15) is 39.2 Å².